The summed E-state index contributed by atoms with van der Waals surface area (Å²) in [5, 5.41) is 1.59. The fourth-order valence-electron chi connectivity index (χ4n) is 4.58. The number of hydrogen-bond acceptors (Lipinski definition) is 4. The largest absolute Gasteiger partial charge is 0.416 e. The third kappa shape index (κ3) is 5.28. The Kier molecular flexibility index (Phi) is 6.82. The highest BCUT2D eigenvalue weighted by atomic mass is 19.4. The summed E-state index contributed by atoms with van der Waals surface area (Å²) in [5.74, 6) is 0. The van der Waals surface area contributed by atoms with Gasteiger partial charge in [-0.2, -0.15) is 13.2 Å². The lowest BCUT2D eigenvalue weighted by Gasteiger charge is -2.26. The second kappa shape index (κ2) is 10.2. The van der Waals surface area contributed by atoms with E-state index in [1.165, 1.54) is 17.0 Å². The number of anilines is 2. The molecule has 2 amide bonds. The lowest BCUT2D eigenvalue weighted by Crippen LogP contribution is -2.35. The highest BCUT2D eigenvalue weighted by Crippen LogP contribution is 2.38. The predicted molar refractivity (Wildman–Crippen MR) is 136 cm³/mol. The van der Waals surface area contributed by atoms with Crippen LogP contribution in [0.2, 0.25) is 0 Å². The summed E-state index contributed by atoms with van der Waals surface area (Å²) in [7, 11) is 0. The van der Waals surface area contributed by atoms with Gasteiger partial charge in [-0.05, 0) is 47.3 Å². The van der Waals surface area contributed by atoms with Crippen LogP contribution in [0.15, 0.2) is 79.0 Å². The molecule has 1 aliphatic rings. The van der Waals surface area contributed by atoms with Gasteiger partial charge in [0.1, 0.15) is 0 Å². The van der Waals surface area contributed by atoms with E-state index in [1.807, 2.05) is 48.7 Å². The van der Waals surface area contributed by atoms with Crippen LogP contribution in [0.1, 0.15) is 11.3 Å². The lowest BCUT2D eigenvalue weighted by atomic mass is 9.97. The van der Waals surface area contributed by atoms with Gasteiger partial charge >= 0.3 is 12.2 Å². The first-order valence-corrected chi connectivity index (χ1v) is 11.9. The van der Waals surface area contributed by atoms with Crippen molar-refractivity contribution in [3.05, 3.63) is 90.3 Å². The summed E-state index contributed by atoms with van der Waals surface area (Å²) in [5.41, 5.74) is 8.41. The zero-order chi connectivity index (χ0) is 26.0. The van der Waals surface area contributed by atoms with Crippen LogP contribution in [0.25, 0.3) is 21.9 Å². The Bertz CT molecular complexity index is 1400. The zero-order valence-corrected chi connectivity index (χ0v) is 19.9. The van der Waals surface area contributed by atoms with E-state index >= 15 is 0 Å². The number of primary amides is 1. The maximum absolute atomic E-state index is 13.0. The number of urea groups is 1. The molecule has 1 fully saturated rings. The molecule has 0 radical (unpaired) electrons. The van der Waals surface area contributed by atoms with Crippen molar-refractivity contribution in [1.82, 2.24) is 9.88 Å². The Hall–Kier alpha value is -3.95. The van der Waals surface area contributed by atoms with Gasteiger partial charge < -0.3 is 10.5 Å². The second-order valence-electron chi connectivity index (χ2n) is 8.82. The third-order valence-corrected chi connectivity index (χ3v) is 6.44. The molecule has 6 nitrogen and oxygen atoms in total. The van der Waals surface area contributed by atoms with Crippen LogP contribution >= 0.6 is 0 Å². The number of alkyl halides is 3. The van der Waals surface area contributed by atoms with Crippen molar-refractivity contribution in [3.8, 4) is 11.1 Å². The van der Waals surface area contributed by atoms with Crippen LogP contribution in [0.4, 0.5) is 29.3 Å². The molecular weight excluding hydrogens is 481 g/mol. The number of amides is 2. The highest BCUT2D eigenvalue weighted by Gasteiger charge is 2.30. The molecule has 1 saturated heterocycles. The van der Waals surface area contributed by atoms with Crippen LogP contribution in [0.3, 0.4) is 0 Å². The van der Waals surface area contributed by atoms with E-state index in [-0.39, 0.29) is 5.69 Å². The van der Waals surface area contributed by atoms with Crippen molar-refractivity contribution < 1.29 is 22.7 Å². The minimum atomic E-state index is -4.48. The molecule has 2 heterocycles. The number of carbonyl (C=O) groups excluding carboxylic acids is 1. The first-order chi connectivity index (χ1) is 17.8. The predicted octanol–water partition coefficient (Wildman–Crippen LogP) is 5.97. The van der Waals surface area contributed by atoms with Crippen molar-refractivity contribution in [3.63, 3.8) is 0 Å². The number of hydrogen-bond donors (Lipinski definition) is 1. The van der Waals surface area contributed by atoms with Crippen molar-refractivity contribution in [2.24, 2.45) is 5.73 Å². The fourth-order valence-corrected chi connectivity index (χ4v) is 4.58. The van der Waals surface area contributed by atoms with Crippen LogP contribution in [0.5, 0.6) is 0 Å². The fraction of sp³-hybridized carbons (Fsp3) is 0.214. The van der Waals surface area contributed by atoms with Crippen LogP contribution < -0.4 is 10.6 Å². The van der Waals surface area contributed by atoms with Gasteiger partial charge in [-0.15, -0.1) is 0 Å². The Morgan fingerprint density at radius 3 is 2.27 bits per heavy atom. The number of nitrogens with two attached hydrogens (primary N) is 1. The van der Waals surface area contributed by atoms with E-state index in [2.05, 4.69) is 9.88 Å². The Morgan fingerprint density at radius 1 is 0.946 bits per heavy atom. The minimum Gasteiger partial charge on any atom is -0.379 e. The molecule has 0 saturated carbocycles. The average Bonchev–Trinajstić information content (AvgIpc) is 2.90. The van der Waals surface area contributed by atoms with E-state index in [0.29, 0.717) is 5.69 Å². The number of rotatable bonds is 5. The third-order valence-electron chi connectivity index (χ3n) is 6.44. The van der Waals surface area contributed by atoms with Crippen LogP contribution in [0, 0.1) is 0 Å². The average molecular weight is 507 g/mol. The summed E-state index contributed by atoms with van der Waals surface area (Å²) in [6.45, 7) is 3.97. The smallest absolute Gasteiger partial charge is 0.379 e. The number of pyridine rings is 1. The number of halogens is 3. The van der Waals surface area contributed by atoms with Gasteiger partial charge in [0, 0.05) is 36.8 Å². The summed E-state index contributed by atoms with van der Waals surface area (Å²) in [6, 6.07) is 18.7. The molecule has 4 aromatic rings. The quantitative estimate of drug-likeness (QED) is 0.362. The van der Waals surface area contributed by atoms with Crippen LogP contribution in [-0.2, 0) is 17.5 Å². The van der Waals surface area contributed by atoms with Gasteiger partial charge in [-0.25, -0.2) is 4.79 Å². The molecule has 1 aromatic heterocycles. The molecule has 9 heteroatoms. The summed E-state index contributed by atoms with van der Waals surface area (Å²) < 4.78 is 44.5. The Morgan fingerprint density at radius 2 is 1.65 bits per heavy atom. The molecule has 3 aromatic carbocycles. The summed E-state index contributed by atoms with van der Waals surface area (Å²) >= 11 is 0. The van der Waals surface area contributed by atoms with Gasteiger partial charge in [-0.1, -0.05) is 36.4 Å². The summed E-state index contributed by atoms with van der Waals surface area (Å²) in [4.78, 5) is 20.7. The Labute approximate surface area is 212 Å². The molecular formula is C28H25F3N4O2. The minimum absolute atomic E-state index is 0.243. The van der Waals surface area contributed by atoms with Gasteiger partial charge in [0.2, 0.25) is 0 Å². The first-order valence-electron chi connectivity index (χ1n) is 11.9. The van der Waals surface area contributed by atoms with Gasteiger partial charge in [0.25, 0.3) is 0 Å². The number of fused-ring (bicyclic) bond motifs is 1. The van der Waals surface area contributed by atoms with Crippen molar-refractivity contribution in [1.29, 1.82) is 0 Å². The normalized spacial score (nSPS) is 14.6. The van der Waals surface area contributed by atoms with Crippen molar-refractivity contribution in [2.45, 2.75) is 12.7 Å². The van der Waals surface area contributed by atoms with E-state index in [0.717, 1.165) is 72.6 Å². The number of nitrogens with zero attached hydrogens (tertiary/aromatic N) is 3. The Balaban J connectivity index is 1.50. The monoisotopic (exact) mass is 506 g/mol. The SMILES string of the molecule is NC(=O)N(c1ccc(C(F)(F)F)cc1)c1ccc(-c2ccc(CN3CCOCC3)nc2)c2ccccc12. The van der Waals surface area contributed by atoms with E-state index in [9.17, 15) is 18.0 Å². The van der Waals surface area contributed by atoms with Crippen molar-refractivity contribution in [2.75, 3.05) is 31.2 Å². The molecule has 0 unspecified atom stereocenters. The standard InChI is InChI=1S/C28H25F3N4O2/c29-28(30,31)20-6-9-22(10-7-20)35(27(32)36)26-12-11-23(24-3-1-2-4-25(24)26)19-5-8-21(33-17-19)18-34-13-15-37-16-14-34/h1-12,17H,13-16,18H2,(H2,32,36). The number of carbonyl (C=O) groups is 1. The molecule has 0 bridgehead atoms. The van der Waals surface area contributed by atoms with E-state index in [1.54, 1.807) is 6.07 Å². The molecule has 190 valence electrons. The lowest BCUT2D eigenvalue weighted by molar-refractivity contribution is -0.137. The number of benzene rings is 3. The number of morpholine rings is 1. The van der Waals surface area contributed by atoms with E-state index < -0.39 is 17.8 Å². The topological polar surface area (TPSA) is 71.7 Å². The molecule has 0 atom stereocenters. The number of aromatic nitrogens is 1. The first kappa shape index (κ1) is 24.7. The molecule has 0 aliphatic carbocycles. The van der Waals surface area contributed by atoms with Gasteiger partial charge in [0.05, 0.1) is 35.8 Å². The van der Waals surface area contributed by atoms with Gasteiger partial charge in [-0.3, -0.25) is 14.8 Å². The summed E-state index contributed by atoms with van der Waals surface area (Å²) in [6.07, 6.45) is -2.64. The maximum atomic E-state index is 13.0. The van der Waals surface area contributed by atoms with Crippen LogP contribution in [-0.4, -0.2) is 42.2 Å². The molecule has 37 heavy (non-hydrogen) atoms. The number of ether oxygens (including phenoxy) is 1. The second-order valence-corrected chi connectivity index (χ2v) is 8.82. The van der Waals surface area contributed by atoms with Gasteiger partial charge in [0.15, 0.2) is 0 Å². The molecule has 2 N–H and O–H groups in total. The van der Waals surface area contributed by atoms with Crippen molar-refractivity contribution >= 4 is 28.2 Å². The zero-order valence-electron chi connectivity index (χ0n) is 19.9. The molecule has 5 rings (SSSR count). The highest BCUT2D eigenvalue weighted by molar-refractivity contribution is 6.10. The van der Waals surface area contributed by atoms with E-state index in [4.69, 9.17) is 10.5 Å². The molecule has 1 aliphatic heterocycles. The maximum Gasteiger partial charge on any atom is 0.416 e. The molecule has 0 spiro atoms.